The van der Waals surface area contributed by atoms with Gasteiger partial charge in [0.15, 0.2) is 0 Å². The van der Waals surface area contributed by atoms with Crippen molar-refractivity contribution in [3.8, 4) is 11.5 Å². The Kier molecular flexibility index (Phi) is 14.1. The van der Waals surface area contributed by atoms with Crippen molar-refractivity contribution in [3.63, 3.8) is 0 Å². The molecule has 0 spiro atoms. The molecule has 1 fully saturated rings. The van der Waals surface area contributed by atoms with Crippen LogP contribution in [-0.4, -0.2) is 99.4 Å². The number of sulfonamides is 1. The zero-order chi connectivity index (χ0) is 35.6. The number of carbonyl (C=O) groups excluding carboxylic acids is 2. The van der Waals surface area contributed by atoms with Crippen molar-refractivity contribution in [1.29, 1.82) is 0 Å². The topological polar surface area (TPSA) is 147 Å². The molecule has 0 saturated heterocycles. The van der Waals surface area contributed by atoms with E-state index in [1.54, 1.807) is 42.2 Å². The maximum Gasteiger partial charge on any atom is 0.319 e. The lowest BCUT2D eigenvalue weighted by molar-refractivity contribution is -0.00834. The van der Waals surface area contributed by atoms with Gasteiger partial charge in [0.1, 0.15) is 11.5 Å². The van der Waals surface area contributed by atoms with Gasteiger partial charge in [0.2, 0.25) is 10.0 Å². The standard InChI is InChI=1S/C36H54N4O8S/c1-25-22-40(26(2)24-41)35(42)32-21-29(38-36(43)37-28-12-7-6-8-13-28)14-19-33(32)48-27(3)11-9-10-20-47-34(25)23-39(4)49(44,45)31-17-15-30(46-5)16-18-31/h14-19,21,25-28,34,41H,6-13,20,22-24H2,1-5H3,(H2,37,38,43)/t25-,26+,27-,34-/m1/s1. The molecule has 12 nitrogen and oxygen atoms in total. The molecule has 2 aromatic rings. The number of urea groups is 1. The third-order valence-corrected chi connectivity index (χ3v) is 11.3. The highest BCUT2D eigenvalue weighted by atomic mass is 32.2. The van der Waals surface area contributed by atoms with E-state index in [0.717, 1.165) is 38.5 Å². The van der Waals surface area contributed by atoms with Crippen molar-refractivity contribution in [1.82, 2.24) is 14.5 Å². The number of ether oxygens (including phenoxy) is 3. The Balaban J connectivity index is 1.60. The minimum atomic E-state index is -3.84. The van der Waals surface area contributed by atoms with Gasteiger partial charge in [0, 0.05) is 44.4 Å². The molecule has 0 unspecified atom stereocenters. The molecular formula is C36H54N4O8S. The molecule has 13 heteroatoms. The zero-order valence-electron chi connectivity index (χ0n) is 29.5. The summed E-state index contributed by atoms with van der Waals surface area (Å²) in [4.78, 5) is 29.0. The van der Waals surface area contributed by atoms with Crippen molar-refractivity contribution in [2.45, 2.75) is 101 Å². The molecule has 1 heterocycles. The third kappa shape index (κ3) is 10.6. The summed E-state index contributed by atoms with van der Waals surface area (Å²) in [6.45, 7) is 5.99. The van der Waals surface area contributed by atoms with Gasteiger partial charge in [-0.25, -0.2) is 13.2 Å². The number of benzene rings is 2. The van der Waals surface area contributed by atoms with E-state index in [1.165, 1.54) is 37.0 Å². The van der Waals surface area contributed by atoms with Crippen LogP contribution in [0.25, 0.3) is 0 Å². The summed E-state index contributed by atoms with van der Waals surface area (Å²) in [5, 5.41) is 16.2. The van der Waals surface area contributed by atoms with Gasteiger partial charge in [-0.05, 0) is 88.4 Å². The predicted molar refractivity (Wildman–Crippen MR) is 189 cm³/mol. The van der Waals surface area contributed by atoms with Gasteiger partial charge < -0.3 is 34.9 Å². The van der Waals surface area contributed by atoms with Crippen molar-refractivity contribution in [2.24, 2.45) is 5.92 Å². The van der Waals surface area contributed by atoms with Gasteiger partial charge in [-0.2, -0.15) is 4.31 Å². The van der Waals surface area contributed by atoms with Gasteiger partial charge in [-0.15, -0.1) is 0 Å². The third-order valence-electron chi connectivity index (χ3n) is 9.45. The van der Waals surface area contributed by atoms with Crippen molar-refractivity contribution in [2.75, 3.05) is 45.8 Å². The average molecular weight is 703 g/mol. The van der Waals surface area contributed by atoms with E-state index in [2.05, 4.69) is 10.6 Å². The first kappa shape index (κ1) is 38.4. The smallest absolute Gasteiger partial charge is 0.319 e. The number of rotatable bonds is 9. The molecular weight excluding hydrogens is 648 g/mol. The van der Waals surface area contributed by atoms with E-state index in [9.17, 15) is 23.1 Å². The van der Waals surface area contributed by atoms with Gasteiger partial charge in [0.05, 0.1) is 42.4 Å². The van der Waals surface area contributed by atoms with Crippen molar-refractivity contribution in [3.05, 3.63) is 48.0 Å². The van der Waals surface area contributed by atoms with E-state index in [-0.39, 0.29) is 60.2 Å². The van der Waals surface area contributed by atoms with Gasteiger partial charge in [-0.1, -0.05) is 26.2 Å². The zero-order valence-corrected chi connectivity index (χ0v) is 30.3. The summed E-state index contributed by atoms with van der Waals surface area (Å²) in [6, 6.07) is 10.5. The Morgan fingerprint density at radius 1 is 1.06 bits per heavy atom. The second-order valence-electron chi connectivity index (χ2n) is 13.4. The number of amides is 3. The molecule has 0 bridgehead atoms. The second-order valence-corrected chi connectivity index (χ2v) is 15.5. The number of aliphatic hydroxyl groups is 1. The highest BCUT2D eigenvalue weighted by Gasteiger charge is 2.32. The monoisotopic (exact) mass is 702 g/mol. The summed E-state index contributed by atoms with van der Waals surface area (Å²) >= 11 is 0. The molecule has 2 aromatic carbocycles. The number of likely N-dealkylation sites (N-methyl/N-ethyl adjacent to an activating group) is 1. The van der Waals surface area contributed by atoms with E-state index in [1.807, 2.05) is 13.8 Å². The summed E-state index contributed by atoms with van der Waals surface area (Å²) in [5.74, 6) is 0.259. The Hall–Kier alpha value is -3.39. The number of hydrogen-bond acceptors (Lipinski definition) is 8. The minimum absolute atomic E-state index is 0.0609. The first-order valence-corrected chi connectivity index (χ1v) is 18.9. The number of nitrogens with zero attached hydrogens (tertiary/aromatic N) is 2. The Labute approximate surface area is 291 Å². The highest BCUT2D eigenvalue weighted by Crippen LogP contribution is 2.29. The van der Waals surface area contributed by atoms with Crippen molar-refractivity contribution < 1.29 is 37.3 Å². The molecule has 3 N–H and O–H groups in total. The van der Waals surface area contributed by atoms with Crippen LogP contribution in [0.2, 0.25) is 0 Å². The molecule has 49 heavy (non-hydrogen) atoms. The van der Waals surface area contributed by atoms with Crippen LogP contribution in [0.1, 0.15) is 82.5 Å². The Bertz CT molecular complexity index is 1480. The van der Waals surface area contributed by atoms with Gasteiger partial charge in [0.25, 0.3) is 5.91 Å². The lowest BCUT2D eigenvalue weighted by Crippen LogP contribution is -2.48. The maximum atomic E-state index is 14.4. The van der Waals surface area contributed by atoms with Crippen LogP contribution in [0, 0.1) is 5.92 Å². The lowest BCUT2D eigenvalue weighted by atomic mass is 9.96. The first-order valence-electron chi connectivity index (χ1n) is 17.4. The van der Waals surface area contributed by atoms with E-state index in [4.69, 9.17) is 14.2 Å². The second kappa shape index (κ2) is 18.0. The van der Waals surface area contributed by atoms with E-state index in [0.29, 0.717) is 30.2 Å². The fourth-order valence-corrected chi connectivity index (χ4v) is 7.52. The van der Waals surface area contributed by atoms with Crippen LogP contribution in [0.15, 0.2) is 47.4 Å². The predicted octanol–water partition coefficient (Wildman–Crippen LogP) is 5.27. The average Bonchev–Trinajstić information content (AvgIpc) is 3.09. The molecule has 1 aliphatic carbocycles. The SMILES string of the molecule is COc1ccc(S(=O)(=O)N(C)C[C@H]2OCCCC[C@@H](C)Oc3ccc(NC(=O)NC4CCCCC4)cc3C(=O)N([C@@H](C)CO)C[C@H]2C)cc1. The molecule has 0 aromatic heterocycles. The number of fused-ring (bicyclic) bond motifs is 1. The van der Waals surface area contributed by atoms with Crippen LogP contribution in [0.3, 0.4) is 0 Å². The normalized spacial score (nSPS) is 22.4. The molecule has 1 saturated carbocycles. The number of carbonyl (C=O) groups is 2. The molecule has 3 amide bonds. The van der Waals surface area contributed by atoms with Gasteiger partial charge in [-0.3, -0.25) is 4.79 Å². The molecule has 1 aliphatic heterocycles. The highest BCUT2D eigenvalue weighted by molar-refractivity contribution is 7.89. The maximum absolute atomic E-state index is 14.4. The largest absolute Gasteiger partial charge is 0.497 e. The first-order chi connectivity index (χ1) is 23.4. The summed E-state index contributed by atoms with van der Waals surface area (Å²) in [6.07, 6.45) is 6.76. The van der Waals surface area contributed by atoms with Crippen LogP contribution < -0.4 is 20.1 Å². The summed E-state index contributed by atoms with van der Waals surface area (Å²) in [5.41, 5.74) is 0.720. The Morgan fingerprint density at radius 3 is 2.43 bits per heavy atom. The minimum Gasteiger partial charge on any atom is -0.497 e. The van der Waals surface area contributed by atoms with Gasteiger partial charge >= 0.3 is 6.03 Å². The van der Waals surface area contributed by atoms with Crippen LogP contribution >= 0.6 is 0 Å². The number of nitrogens with one attached hydrogen (secondary N) is 2. The molecule has 4 rings (SSSR count). The van der Waals surface area contributed by atoms with Crippen LogP contribution in [0.5, 0.6) is 11.5 Å². The fourth-order valence-electron chi connectivity index (χ4n) is 6.34. The molecule has 2 aliphatic rings. The van der Waals surface area contributed by atoms with Crippen molar-refractivity contribution >= 4 is 27.6 Å². The number of aliphatic hydroxyl groups excluding tert-OH is 1. The van der Waals surface area contributed by atoms with E-state index >= 15 is 0 Å². The fraction of sp³-hybridized carbons (Fsp3) is 0.611. The molecule has 4 atom stereocenters. The van der Waals surface area contributed by atoms with E-state index < -0.39 is 22.2 Å². The molecule has 0 radical (unpaired) electrons. The molecule has 272 valence electrons. The number of hydrogen-bond donors (Lipinski definition) is 3. The van der Waals surface area contributed by atoms with Crippen LogP contribution in [-0.2, 0) is 14.8 Å². The lowest BCUT2D eigenvalue weighted by Gasteiger charge is -2.35. The number of methoxy groups -OCH3 is 1. The summed E-state index contributed by atoms with van der Waals surface area (Å²) in [7, 11) is -0.801. The Morgan fingerprint density at radius 2 is 1.76 bits per heavy atom. The van der Waals surface area contributed by atoms with Crippen LogP contribution in [0.4, 0.5) is 10.5 Å². The summed E-state index contributed by atoms with van der Waals surface area (Å²) < 4.78 is 46.1. The quantitative estimate of drug-likeness (QED) is 0.321. The number of anilines is 1.